The van der Waals surface area contributed by atoms with Crippen molar-refractivity contribution in [3.63, 3.8) is 0 Å². The van der Waals surface area contributed by atoms with Crippen molar-refractivity contribution in [2.45, 2.75) is 38.3 Å². The van der Waals surface area contributed by atoms with E-state index in [2.05, 4.69) is 4.98 Å². The minimum absolute atomic E-state index is 0.0455. The number of pyridine rings is 1. The Bertz CT molecular complexity index is 935. The van der Waals surface area contributed by atoms with Gasteiger partial charge in [0.05, 0.1) is 18.8 Å². The molecule has 4 nitrogen and oxygen atoms in total. The molecule has 0 bridgehead atoms. The summed E-state index contributed by atoms with van der Waals surface area (Å²) in [6.45, 7) is 1.30. The Labute approximate surface area is 166 Å². The molecule has 4 rings (SSSR count). The van der Waals surface area contributed by atoms with E-state index in [1.807, 2.05) is 6.08 Å². The molecule has 1 fully saturated rings. The maximum absolute atomic E-state index is 13.1. The monoisotopic (exact) mass is 403 g/mol. The number of rotatable bonds is 5. The van der Waals surface area contributed by atoms with Crippen LogP contribution in [-0.4, -0.2) is 29.8 Å². The average Bonchev–Trinajstić information content (AvgIpc) is 2.66. The number of alkyl halides is 3. The predicted octanol–water partition coefficient (Wildman–Crippen LogP) is 4.16. The first-order valence-corrected chi connectivity index (χ1v) is 9.66. The van der Waals surface area contributed by atoms with Gasteiger partial charge in [0.25, 0.3) is 0 Å². The average molecular weight is 403 g/mol. The molecule has 0 amide bonds. The first-order chi connectivity index (χ1) is 13.8. The highest BCUT2D eigenvalue weighted by atomic mass is 19.4. The maximum Gasteiger partial charge on any atom is 0.417 e. The van der Waals surface area contributed by atoms with Crippen molar-refractivity contribution in [3.8, 4) is 0 Å². The molecule has 1 aromatic rings. The van der Waals surface area contributed by atoms with E-state index < -0.39 is 11.7 Å². The van der Waals surface area contributed by atoms with Gasteiger partial charge in [-0.25, -0.2) is 0 Å². The Hall–Kier alpha value is -2.54. The lowest BCUT2D eigenvalue weighted by Gasteiger charge is -2.29. The van der Waals surface area contributed by atoms with Gasteiger partial charge in [0.2, 0.25) is 0 Å². The van der Waals surface area contributed by atoms with Gasteiger partial charge in [-0.3, -0.25) is 14.6 Å². The smallest absolute Gasteiger partial charge is 0.381 e. The van der Waals surface area contributed by atoms with Gasteiger partial charge in [-0.05, 0) is 37.8 Å². The minimum atomic E-state index is -4.47. The van der Waals surface area contributed by atoms with Crippen LogP contribution in [0.25, 0.3) is 0 Å². The van der Waals surface area contributed by atoms with Crippen molar-refractivity contribution in [1.29, 1.82) is 0 Å². The van der Waals surface area contributed by atoms with E-state index >= 15 is 0 Å². The van der Waals surface area contributed by atoms with E-state index in [9.17, 15) is 22.8 Å². The number of ketones is 2. The van der Waals surface area contributed by atoms with Crippen LogP contribution in [-0.2, 0) is 26.9 Å². The summed E-state index contributed by atoms with van der Waals surface area (Å²) in [6.07, 6.45) is 2.55. The van der Waals surface area contributed by atoms with Crippen LogP contribution in [0, 0.1) is 5.92 Å². The number of fused-ring (bicyclic) bond motifs is 1. The highest BCUT2D eigenvalue weighted by molar-refractivity contribution is 6.29. The van der Waals surface area contributed by atoms with E-state index in [0.717, 1.165) is 25.1 Å². The quantitative estimate of drug-likeness (QED) is 0.741. The summed E-state index contributed by atoms with van der Waals surface area (Å²) < 4.78 is 43.5. The van der Waals surface area contributed by atoms with Crippen LogP contribution in [0.5, 0.6) is 0 Å². The maximum atomic E-state index is 13.1. The third-order valence-electron chi connectivity index (χ3n) is 5.58. The number of ether oxygens (including phenoxy) is 1. The normalized spacial score (nSPS) is 20.2. The number of allylic oxidation sites excluding steroid dienone is 6. The molecule has 1 aromatic heterocycles. The molecule has 0 radical (unpaired) electrons. The molecular formula is C22H20F3NO3. The predicted molar refractivity (Wildman–Crippen MR) is 98.9 cm³/mol. The number of carbonyl (C=O) groups excluding carboxylic acids is 2. The molecule has 0 spiro atoms. The highest BCUT2D eigenvalue weighted by Crippen LogP contribution is 2.36. The van der Waals surface area contributed by atoms with Crippen LogP contribution >= 0.6 is 0 Å². The summed E-state index contributed by atoms with van der Waals surface area (Å²) >= 11 is 0. The topological polar surface area (TPSA) is 56.3 Å². The Morgan fingerprint density at radius 1 is 1.00 bits per heavy atom. The molecule has 3 aliphatic rings. The van der Waals surface area contributed by atoms with Crippen molar-refractivity contribution in [1.82, 2.24) is 4.98 Å². The van der Waals surface area contributed by atoms with Gasteiger partial charge in [0.1, 0.15) is 0 Å². The van der Waals surface area contributed by atoms with Crippen molar-refractivity contribution < 1.29 is 27.5 Å². The van der Waals surface area contributed by atoms with E-state index in [-0.39, 0.29) is 18.0 Å². The highest BCUT2D eigenvalue weighted by Gasteiger charge is 2.36. The molecule has 152 valence electrons. The second-order valence-corrected chi connectivity index (χ2v) is 7.58. The number of aromatic nitrogens is 1. The third-order valence-corrected chi connectivity index (χ3v) is 5.58. The van der Waals surface area contributed by atoms with E-state index in [4.69, 9.17) is 4.74 Å². The summed E-state index contributed by atoms with van der Waals surface area (Å²) in [7, 11) is 0. The molecule has 0 saturated carbocycles. The molecular weight excluding hydrogens is 383 g/mol. The van der Waals surface area contributed by atoms with Crippen LogP contribution in [0.2, 0.25) is 0 Å². The van der Waals surface area contributed by atoms with Crippen molar-refractivity contribution in [2.24, 2.45) is 5.92 Å². The number of carbonyl (C=O) groups is 2. The molecule has 2 heterocycles. The fourth-order valence-electron chi connectivity index (χ4n) is 3.83. The number of nitrogens with zero attached hydrogens (tertiary/aromatic N) is 1. The first-order valence-electron chi connectivity index (χ1n) is 9.66. The molecule has 1 saturated heterocycles. The molecule has 2 aliphatic carbocycles. The second kappa shape index (κ2) is 7.71. The zero-order valence-electron chi connectivity index (χ0n) is 15.7. The Morgan fingerprint density at radius 2 is 1.66 bits per heavy atom. The van der Waals surface area contributed by atoms with Crippen molar-refractivity contribution in [3.05, 3.63) is 64.0 Å². The number of hydrogen-bond donors (Lipinski definition) is 0. The fourth-order valence-corrected chi connectivity index (χ4v) is 3.83. The van der Waals surface area contributed by atoms with Gasteiger partial charge in [-0.2, -0.15) is 13.2 Å². The number of Topliss-reactive ketones (excluding diaryl/α,β-unsaturated/α-hetero) is 2. The Morgan fingerprint density at radius 3 is 2.17 bits per heavy atom. The lowest BCUT2D eigenvalue weighted by Crippen LogP contribution is -2.30. The second-order valence-electron chi connectivity index (χ2n) is 7.58. The standard InChI is InChI=1S/C22H20F3NO3/c23-22(24,25)14-6-7-15(26-10-14)9-19-18(8-5-13-11-29-12-13)20(27)16-3-1-2-4-17(16)21(19)28/h3-4,6-7,10,13H,1-2,5,8-9,11-12H2. The molecule has 0 atom stereocenters. The van der Waals surface area contributed by atoms with E-state index in [0.29, 0.717) is 60.0 Å². The zero-order valence-corrected chi connectivity index (χ0v) is 15.7. The molecule has 0 unspecified atom stereocenters. The molecule has 0 N–H and O–H groups in total. The summed E-state index contributed by atoms with van der Waals surface area (Å²) in [5.41, 5.74) is 1.19. The Balaban J connectivity index is 1.66. The molecule has 29 heavy (non-hydrogen) atoms. The number of hydrogen-bond acceptors (Lipinski definition) is 4. The van der Waals surface area contributed by atoms with Gasteiger partial charge in [0.15, 0.2) is 11.6 Å². The molecule has 7 heteroatoms. The molecule has 0 aromatic carbocycles. The van der Waals surface area contributed by atoms with Gasteiger partial charge >= 0.3 is 6.18 Å². The van der Waals surface area contributed by atoms with Gasteiger partial charge in [-0.1, -0.05) is 12.2 Å². The SMILES string of the molecule is O=C1C2=CCCC=C2C(=O)C(Cc2ccc(C(F)(F)F)cn2)=C1CCC1COC1. The fraction of sp³-hybridized carbons (Fsp3) is 0.409. The van der Waals surface area contributed by atoms with Crippen LogP contribution in [0.4, 0.5) is 13.2 Å². The summed E-state index contributed by atoms with van der Waals surface area (Å²) in [6, 6.07) is 2.22. The zero-order chi connectivity index (χ0) is 20.6. The largest absolute Gasteiger partial charge is 0.417 e. The van der Waals surface area contributed by atoms with Crippen LogP contribution in [0.3, 0.4) is 0 Å². The molecule has 1 aliphatic heterocycles. The van der Waals surface area contributed by atoms with Gasteiger partial charge in [0, 0.05) is 46.5 Å². The summed E-state index contributed by atoms with van der Waals surface area (Å²) in [5.74, 6) is 0.0166. The lowest BCUT2D eigenvalue weighted by atomic mass is 9.76. The Kier molecular flexibility index (Phi) is 5.25. The van der Waals surface area contributed by atoms with Gasteiger partial charge < -0.3 is 4.74 Å². The van der Waals surface area contributed by atoms with Crippen LogP contribution in [0.1, 0.15) is 36.9 Å². The van der Waals surface area contributed by atoms with E-state index in [1.165, 1.54) is 6.07 Å². The van der Waals surface area contributed by atoms with Crippen molar-refractivity contribution >= 4 is 11.6 Å². The van der Waals surface area contributed by atoms with Crippen LogP contribution < -0.4 is 0 Å². The summed E-state index contributed by atoms with van der Waals surface area (Å²) in [5, 5.41) is 0. The minimum Gasteiger partial charge on any atom is -0.381 e. The van der Waals surface area contributed by atoms with E-state index in [1.54, 1.807) is 6.08 Å². The first kappa shape index (κ1) is 19.8. The van der Waals surface area contributed by atoms with Crippen LogP contribution in [0.15, 0.2) is 52.8 Å². The third kappa shape index (κ3) is 3.96. The number of halogens is 3. The lowest BCUT2D eigenvalue weighted by molar-refractivity contribution is -0.137. The van der Waals surface area contributed by atoms with Crippen molar-refractivity contribution in [2.75, 3.05) is 13.2 Å². The van der Waals surface area contributed by atoms with Gasteiger partial charge in [-0.15, -0.1) is 0 Å². The summed E-state index contributed by atoms with van der Waals surface area (Å²) in [4.78, 5) is 30.1.